The van der Waals surface area contributed by atoms with Crippen LogP contribution in [0.3, 0.4) is 0 Å². The number of hydrogen-bond acceptors (Lipinski definition) is 1. The summed E-state index contributed by atoms with van der Waals surface area (Å²) in [5, 5.41) is 1.25. The molecule has 0 amide bonds. The summed E-state index contributed by atoms with van der Waals surface area (Å²) in [5.41, 5.74) is 2.43. The first-order chi connectivity index (χ1) is 8.24. The highest BCUT2D eigenvalue weighted by Crippen LogP contribution is 2.32. The van der Waals surface area contributed by atoms with Gasteiger partial charge in [0.2, 0.25) is 0 Å². The number of para-hydroxylation sites is 1. The van der Waals surface area contributed by atoms with Crippen molar-refractivity contribution < 1.29 is 4.79 Å². The van der Waals surface area contributed by atoms with Crippen molar-refractivity contribution in [2.75, 3.05) is 0 Å². The molecule has 0 aliphatic heterocycles. The summed E-state index contributed by atoms with van der Waals surface area (Å²) in [4.78, 5) is 11.3. The normalized spacial score (nSPS) is 15.4. The van der Waals surface area contributed by atoms with Gasteiger partial charge in [-0.3, -0.25) is 4.79 Å². The highest BCUT2D eigenvalue weighted by Gasteiger charge is 2.22. The molecule has 1 heterocycles. The molecule has 1 aromatic heterocycles. The van der Waals surface area contributed by atoms with Gasteiger partial charge in [0, 0.05) is 19.2 Å². The topological polar surface area (TPSA) is 22.0 Å². The number of nitrogens with zero attached hydrogens (tertiary/aromatic N) is 1. The van der Waals surface area contributed by atoms with E-state index in [1.165, 1.54) is 29.3 Å². The van der Waals surface area contributed by atoms with Crippen molar-refractivity contribution in [2.24, 2.45) is 5.92 Å². The molecule has 1 aromatic carbocycles. The number of benzene rings is 1. The summed E-state index contributed by atoms with van der Waals surface area (Å²) in [6.45, 7) is 2.77. The Morgan fingerprint density at radius 2 is 2.18 bits per heavy atom. The lowest BCUT2D eigenvalue weighted by Gasteiger charge is -2.08. The van der Waals surface area contributed by atoms with Crippen molar-refractivity contribution in [1.82, 2.24) is 4.57 Å². The van der Waals surface area contributed by atoms with Crippen LogP contribution in [0.15, 0.2) is 30.5 Å². The Balaban J connectivity index is 2.06. The molecule has 3 rings (SSSR count). The molecule has 17 heavy (non-hydrogen) atoms. The first-order valence-corrected chi connectivity index (χ1v) is 6.30. The molecule has 0 radical (unpaired) electrons. The summed E-state index contributed by atoms with van der Waals surface area (Å²) < 4.78 is 2.32. The van der Waals surface area contributed by atoms with Gasteiger partial charge in [0.1, 0.15) is 5.78 Å². The van der Waals surface area contributed by atoms with Crippen molar-refractivity contribution in [3.05, 3.63) is 36.0 Å². The molecule has 2 aromatic rings. The van der Waals surface area contributed by atoms with Crippen molar-refractivity contribution in [3.63, 3.8) is 0 Å². The van der Waals surface area contributed by atoms with Crippen LogP contribution in [-0.4, -0.2) is 10.4 Å². The van der Waals surface area contributed by atoms with E-state index in [0.29, 0.717) is 6.42 Å². The number of carbonyl (C=O) groups excluding carboxylic acids is 1. The molecular formula is C15H17NO. The van der Waals surface area contributed by atoms with E-state index in [9.17, 15) is 4.79 Å². The predicted molar refractivity (Wildman–Crippen MR) is 69.0 cm³/mol. The van der Waals surface area contributed by atoms with Crippen LogP contribution in [0, 0.1) is 5.92 Å². The zero-order valence-electron chi connectivity index (χ0n) is 10.1. The summed E-state index contributed by atoms with van der Waals surface area (Å²) >= 11 is 0. The van der Waals surface area contributed by atoms with Gasteiger partial charge in [-0.15, -0.1) is 0 Å². The Morgan fingerprint density at radius 3 is 2.88 bits per heavy atom. The first kappa shape index (κ1) is 10.6. The van der Waals surface area contributed by atoms with E-state index in [0.717, 1.165) is 12.5 Å². The number of fused-ring (bicyclic) bond motifs is 1. The Bertz CT molecular complexity index is 563. The Hall–Kier alpha value is -1.57. The number of ketones is 1. The smallest absolute Gasteiger partial charge is 0.134 e. The summed E-state index contributed by atoms with van der Waals surface area (Å²) in [7, 11) is 0. The monoisotopic (exact) mass is 227 g/mol. The van der Waals surface area contributed by atoms with E-state index >= 15 is 0 Å². The van der Waals surface area contributed by atoms with E-state index in [1.54, 1.807) is 6.92 Å². The molecule has 1 fully saturated rings. The third kappa shape index (κ3) is 2.12. The van der Waals surface area contributed by atoms with E-state index in [-0.39, 0.29) is 5.78 Å². The standard InChI is InChI=1S/C15H17NO/c1-11(17)9-14-4-2-3-13-7-8-16(15(13)14)10-12-5-6-12/h2-4,7-8,12H,5-6,9-10H2,1H3. The summed E-state index contributed by atoms with van der Waals surface area (Å²) in [6.07, 6.45) is 5.42. The van der Waals surface area contributed by atoms with Gasteiger partial charge >= 0.3 is 0 Å². The fourth-order valence-electron chi connectivity index (χ4n) is 2.48. The van der Waals surface area contributed by atoms with Crippen LogP contribution in [0.25, 0.3) is 10.9 Å². The number of aromatic nitrogens is 1. The van der Waals surface area contributed by atoms with Crippen LogP contribution in [0.4, 0.5) is 0 Å². The summed E-state index contributed by atoms with van der Waals surface area (Å²) in [6, 6.07) is 8.40. The number of hydrogen-bond donors (Lipinski definition) is 0. The minimum Gasteiger partial charge on any atom is -0.347 e. The fraction of sp³-hybridized carbons (Fsp3) is 0.400. The van der Waals surface area contributed by atoms with Crippen molar-refractivity contribution in [2.45, 2.75) is 32.7 Å². The van der Waals surface area contributed by atoms with E-state index in [2.05, 4.69) is 29.0 Å². The highest BCUT2D eigenvalue weighted by molar-refractivity contribution is 5.88. The minimum absolute atomic E-state index is 0.233. The van der Waals surface area contributed by atoms with Crippen LogP contribution in [-0.2, 0) is 17.8 Å². The average Bonchev–Trinajstić information content (AvgIpc) is 2.99. The molecule has 0 unspecified atom stereocenters. The molecule has 0 N–H and O–H groups in total. The quantitative estimate of drug-likeness (QED) is 0.786. The van der Waals surface area contributed by atoms with Crippen LogP contribution < -0.4 is 0 Å². The van der Waals surface area contributed by atoms with E-state index in [4.69, 9.17) is 0 Å². The number of carbonyl (C=O) groups is 1. The van der Waals surface area contributed by atoms with Gasteiger partial charge in [-0.25, -0.2) is 0 Å². The van der Waals surface area contributed by atoms with Crippen molar-refractivity contribution in [3.8, 4) is 0 Å². The van der Waals surface area contributed by atoms with Crippen LogP contribution in [0.1, 0.15) is 25.3 Å². The molecule has 88 valence electrons. The van der Waals surface area contributed by atoms with Gasteiger partial charge in [0.25, 0.3) is 0 Å². The lowest BCUT2D eigenvalue weighted by Crippen LogP contribution is -2.03. The lowest BCUT2D eigenvalue weighted by molar-refractivity contribution is -0.116. The fourth-order valence-corrected chi connectivity index (χ4v) is 2.48. The van der Waals surface area contributed by atoms with Crippen LogP contribution >= 0.6 is 0 Å². The molecule has 0 bridgehead atoms. The molecule has 1 aliphatic carbocycles. The third-order valence-electron chi connectivity index (χ3n) is 3.46. The van der Waals surface area contributed by atoms with Crippen LogP contribution in [0.2, 0.25) is 0 Å². The predicted octanol–water partition coefficient (Wildman–Crippen LogP) is 3.18. The number of rotatable bonds is 4. The minimum atomic E-state index is 0.233. The SMILES string of the molecule is CC(=O)Cc1cccc2ccn(CC3CC3)c12. The van der Waals surface area contributed by atoms with Gasteiger partial charge < -0.3 is 4.57 Å². The molecule has 2 heteroatoms. The van der Waals surface area contributed by atoms with E-state index in [1.807, 2.05) is 6.07 Å². The third-order valence-corrected chi connectivity index (χ3v) is 3.46. The Kier molecular flexibility index (Phi) is 2.50. The molecule has 2 nitrogen and oxygen atoms in total. The second kappa shape index (κ2) is 4.02. The van der Waals surface area contributed by atoms with Gasteiger partial charge in [0.15, 0.2) is 0 Å². The maximum absolute atomic E-state index is 11.3. The average molecular weight is 227 g/mol. The second-order valence-electron chi connectivity index (χ2n) is 5.15. The molecule has 1 aliphatic rings. The van der Waals surface area contributed by atoms with Gasteiger partial charge in [-0.2, -0.15) is 0 Å². The molecule has 0 saturated heterocycles. The first-order valence-electron chi connectivity index (χ1n) is 6.30. The summed E-state index contributed by atoms with van der Waals surface area (Å²) in [5.74, 6) is 1.09. The zero-order valence-corrected chi connectivity index (χ0v) is 10.1. The van der Waals surface area contributed by atoms with Crippen LogP contribution in [0.5, 0.6) is 0 Å². The molecule has 0 spiro atoms. The molecule has 0 atom stereocenters. The van der Waals surface area contributed by atoms with Gasteiger partial charge in [-0.05, 0) is 42.7 Å². The zero-order chi connectivity index (χ0) is 11.8. The Morgan fingerprint density at radius 1 is 1.35 bits per heavy atom. The maximum Gasteiger partial charge on any atom is 0.134 e. The van der Waals surface area contributed by atoms with E-state index < -0.39 is 0 Å². The second-order valence-corrected chi connectivity index (χ2v) is 5.15. The molecular weight excluding hydrogens is 210 g/mol. The van der Waals surface area contributed by atoms with Gasteiger partial charge in [0.05, 0.1) is 5.52 Å². The maximum atomic E-state index is 11.3. The van der Waals surface area contributed by atoms with Crippen molar-refractivity contribution >= 4 is 16.7 Å². The Labute approximate surface area is 101 Å². The molecule has 1 saturated carbocycles. The van der Waals surface area contributed by atoms with Crippen molar-refractivity contribution in [1.29, 1.82) is 0 Å². The van der Waals surface area contributed by atoms with Gasteiger partial charge in [-0.1, -0.05) is 18.2 Å². The lowest BCUT2D eigenvalue weighted by atomic mass is 10.1. The number of Topliss-reactive ketones (excluding diaryl/α,β-unsaturated/α-hetero) is 1. The largest absolute Gasteiger partial charge is 0.347 e. The highest BCUT2D eigenvalue weighted by atomic mass is 16.1.